The van der Waals surface area contributed by atoms with Crippen molar-refractivity contribution in [3.63, 3.8) is 0 Å². The Morgan fingerprint density at radius 3 is 2.36 bits per heavy atom. The van der Waals surface area contributed by atoms with Gasteiger partial charge in [0.2, 0.25) is 0 Å². The van der Waals surface area contributed by atoms with Crippen molar-refractivity contribution in [3.8, 4) is 0 Å². The zero-order valence-corrected chi connectivity index (χ0v) is 8.39. The van der Waals surface area contributed by atoms with Gasteiger partial charge in [-0.1, -0.05) is 27.2 Å². The lowest BCUT2D eigenvalue weighted by atomic mass is 9.94. The van der Waals surface area contributed by atoms with Crippen LogP contribution in [0.15, 0.2) is 0 Å². The van der Waals surface area contributed by atoms with Crippen molar-refractivity contribution in [2.24, 2.45) is 5.92 Å². The van der Waals surface area contributed by atoms with Gasteiger partial charge in [-0.2, -0.15) is 0 Å². The molecule has 1 aliphatic heterocycles. The summed E-state index contributed by atoms with van der Waals surface area (Å²) >= 11 is 0. The van der Waals surface area contributed by atoms with E-state index in [4.69, 9.17) is 4.74 Å². The third kappa shape index (κ3) is 4.41. The normalized spacial score (nSPS) is 30.5. The molecule has 0 aliphatic carbocycles. The summed E-state index contributed by atoms with van der Waals surface area (Å²) < 4.78 is 5.41. The van der Waals surface area contributed by atoms with Crippen molar-refractivity contribution in [2.75, 3.05) is 6.61 Å². The molecule has 1 heterocycles. The van der Waals surface area contributed by atoms with Gasteiger partial charge in [0.15, 0.2) is 0 Å². The van der Waals surface area contributed by atoms with Crippen LogP contribution < -0.4 is 0 Å². The molecule has 0 aromatic rings. The molecule has 2 unspecified atom stereocenters. The van der Waals surface area contributed by atoms with Crippen molar-refractivity contribution in [1.29, 1.82) is 0 Å². The van der Waals surface area contributed by atoms with Crippen molar-refractivity contribution in [3.05, 3.63) is 0 Å². The molecule has 1 heteroatoms. The molecule has 1 rings (SSSR count). The third-order valence-electron chi connectivity index (χ3n) is 2.17. The first-order valence-corrected chi connectivity index (χ1v) is 4.94. The van der Waals surface area contributed by atoms with Crippen LogP contribution in [-0.2, 0) is 4.74 Å². The minimum atomic E-state index is 0.517. The van der Waals surface area contributed by atoms with Gasteiger partial charge >= 0.3 is 0 Å². The van der Waals surface area contributed by atoms with Crippen LogP contribution in [0.5, 0.6) is 0 Å². The van der Waals surface area contributed by atoms with Crippen LogP contribution >= 0.6 is 0 Å². The average molecular weight is 158 g/mol. The molecule has 68 valence electrons. The Balaban J connectivity index is 0.000000461. The van der Waals surface area contributed by atoms with Crippen molar-refractivity contribution >= 4 is 0 Å². The Hall–Kier alpha value is -0.0400. The summed E-state index contributed by atoms with van der Waals surface area (Å²) in [6.45, 7) is 9.42. The Bertz CT molecular complexity index is 80.9. The maximum atomic E-state index is 5.41. The van der Waals surface area contributed by atoms with Gasteiger partial charge in [-0.15, -0.1) is 0 Å². The molecule has 1 nitrogen and oxygen atoms in total. The minimum Gasteiger partial charge on any atom is -0.378 e. The van der Waals surface area contributed by atoms with Gasteiger partial charge in [0.05, 0.1) is 6.10 Å². The van der Waals surface area contributed by atoms with Gasteiger partial charge < -0.3 is 4.74 Å². The van der Waals surface area contributed by atoms with Gasteiger partial charge in [0, 0.05) is 6.61 Å². The average Bonchev–Trinajstić information content (AvgIpc) is 2.08. The summed E-state index contributed by atoms with van der Waals surface area (Å²) in [5.41, 5.74) is 0. The maximum absolute atomic E-state index is 5.41. The molecule has 1 saturated heterocycles. The van der Waals surface area contributed by atoms with E-state index >= 15 is 0 Å². The van der Waals surface area contributed by atoms with E-state index in [1.54, 1.807) is 0 Å². The number of hydrogen-bond acceptors (Lipinski definition) is 1. The highest BCUT2D eigenvalue weighted by atomic mass is 16.5. The summed E-state index contributed by atoms with van der Waals surface area (Å²) in [6, 6.07) is 0. The van der Waals surface area contributed by atoms with Crippen LogP contribution in [-0.4, -0.2) is 12.7 Å². The van der Waals surface area contributed by atoms with Crippen LogP contribution in [0.2, 0.25) is 0 Å². The Morgan fingerprint density at radius 1 is 1.36 bits per heavy atom. The van der Waals surface area contributed by atoms with Gasteiger partial charge in [0.1, 0.15) is 0 Å². The molecule has 0 amide bonds. The lowest BCUT2D eigenvalue weighted by Crippen LogP contribution is -2.22. The van der Waals surface area contributed by atoms with E-state index in [-0.39, 0.29) is 0 Å². The summed E-state index contributed by atoms with van der Waals surface area (Å²) in [7, 11) is 0. The molecule has 11 heavy (non-hydrogen) atoms. The standard InChI is InChI=1S/C8H16O.C2H6/c1-3-8-4-5-9-7(2)6-8;1-2/h7-8H,3-6H2,1-2H3;1-2H3. The Labute approximate surface area is 71.1 Å². The van der Waals surface area contributed by atoms with E-state index in [1.807, 2.05) is 13.8 Å². The summed E-state index contributed by atoms with van der Waals surface area (Å²) in [4.78, 5) is 0. The highest BCUT2D eigenvalue weighted by Gasteiger charge is 2.16. The second-order valence-electron chi connectivity index (χ2n) is 2.98. The molecule has 0 radical (unpaired) electrons. The molecule has 0 saturated carbocycles. The fraction of sp³-hybridized carbons (Fsp3) is 1.00. The molecule has 0 spiro atoms. The molecule has 0 N–H and O–H groups in total. The SMILES string of the molecule is CC.CCC1CCOC(C)C1. The monoisotopic (exact) mass is 158 g/mol. The number of ether oxygens (including phenoxy) is 1. The molecule has 1 fully saturated rings. The highest BCUT2D eigenvalue weighted by Crippen LogP contribution is 2.21. The molecular formula is C10H22O. The lowest BCUT2D eigenvalue weighted by Gasteiger charge is -2.25. The fourth-order valence-corrected chi connectivity index (χ4v) is 1.46. The van der Waals surface area contributed by atoms with E-state index in [1.165, 1.54) is 19.3 Å². The molecule has 1 aliphatic rings. The summed E-state index contributed by atoms with van der Waals surface area (Å²) in [6.07, 6.45) is 4.40. The summed E-state index contributed by atoms with van der Waals surface area (Å²) in [5, 5.41) is 0. The number of hydrogen-bond donors (Lipinski definition) is 0. The van der Waals surface area contributed by atoms with E-state index in [9.17, 15) is 0 Å². The highest BCUT2D eigenvalue weighted by molar-refractivity contribution is 4.66. The maximum Gasteiger partial charge on any atom is 0.0549 e. The van der Waals surface area contributed by atoms with Crippen LogP contribution in [0.4, 0.5) is 0 Å². The van der Waals surface area contributed by atoms with Crippen LogP contribution in [0, 0.1) is 5.92 Å². The lowest BCUT2D eigenvalue weighted by molar-refractivity contribution is 0.00195. The van der Waals surface area contributed by atoms with E-state index in [0.717, 1.165) is 12.5 Å². The van der Waals surface area contributed by atoms with E-state index in [0.29, 0.717) is 6.10 Å². The van der Waals surface area contributed by atoms with E-state index < -0.39 is 0 Å². The van der Waals surface area contributed by atoms with Gasteiger partial charge in [-0.05, 0) is 25.7 Å². The zero-order valence-electron chi connectivity index (χ0n) is 8.39. The zero-order chi connectivity index (χ0) is 8.69. The second-order valence-corrected chi connectivity index (χ2v) is 2.98. The summed E-state index contributed by atoms with van der Waals surface area (Å²) in [5.74, 6) is 0.939. The predicted molar refractivity (Wildman–Crippen MR) is 49.8 cm³/mol. The molecular weight excluding hydrogens is 136 g/mol. The van der Waals surface area contributed by atoms with Crippen LogP contribution in [0.25, 0.3) is 0 Å². The van der Waals surface area contributed by atoms with Gasteiger partial charge in [0.25, 0.3) is 0 Å². The first kappa shape index (κ1) is 11.0. The van der Waals surface area contributed by atoms with Crippen molar-refractivity contribution in [1.82, 2.24) is 0 Å². The van der Waals surface area contributed by atoms with Gasteiger partial charge in [-0.3, -0.25) is 0 Å². The first-order valence-electron chi connectivity index (χ1n) is 4.94. The second kappa shape index (κ2) is 6.66. The fourth-order valence-electron chi connectivity index (χ4n) is 1.46. The smallest absolute Gasteiger partial charge is 0.0549 e. The first-order chi connectivity index (χ1) is 5.33. The van der Waals surface area contributed by atoms with Crippen LogP contribution in [0.3, 0.4) is 0 Å². The minimum absolute atomic E-state index is 0.517. The Morgan fingerprint density at radius 2 is 2.00 bits per heavy atom. The number of rotatable bonds is 1. The Kier molecular flexibility index (Phi) is 6.63. The van der Waals surface area contributed by atoms with E-state index in [2.05, 4.69) is 13.8 Å². The predicted octanol–water partition coefficient (Wildman–Crippen LogP) is 3.24. The van der Waals surface area contributed by atoms with Crippen molar-refractivity contribution < 1.29 is 4.74 Å². The molecule has 0 aromatic carbocycles. The largest absolute Gasteiger partial charge is 0.378 e. The van der Waals surface area contributed by atoms with Crippen molar-refractivity contribution in [2.45, 2.75) is 53.1 Å². The quantitative estimate of drug-likeness (QED) is 0.569. The molecule has 2 atom stereocenters. The molecule has 0 aromatic heterocycles. The van der Waals surface area contributed by atoms with Crippen LogP contribution in [0.1, 0.15) is 47.0 Å². The molecule has 0 bridgehead atoms. The topological polar surface area (TPSA) is 9.23 Å². The van der Waals surface area contributed by atoms with Gasteiger partial charge in [-0.25, -0.2) is 0 Å². The third-order valence-corrected chi connectivity index (χ3v) is 2.17.